The van der Waals surface area contributed by atoms with E-state index in [4.69, 9.17) is 4.74 Å². The number of ether oxygens (including phenoxy) is 1. The summed E-state index contributed by atoms with van der Waals surface area (Å²) < 4.78 is 18.2. The summed E-state index contributed by atoms with van der Waals surface area (Å²) in [5.74, 6) is 1.57. The van der Waals surface area contributed by atoms with Crippen molar-refractivity contribution in [1.82, 2.24) is 35.3 Å². The van der Waals surface area contributed by atoms with Crippen molar-refractivity contribution >= 4 is 17.6 Å². The van der Waals surface area contributed by atoms with Crippen LogP contribution < -0.4 is 15.4 Å². The highest BCUT2D eigenvalue weighted by Gasteiger charge is 2.13. The largest absolute Gasteiger partial charge is 0.480 e. The summed E-state index contributed by atoms with van der Waals surface area (Å²) >= 11 is 0. The monoisotopic (exact) mass is 395 g/mol. The lowest BCUT2D eigenvalue weighted by Gasteiger charge is -2.15. The first-order chi connectivity index (χ1) is 14.1. The molecular formula is C18H18FN9O. The topological polar surface area (TPSA) is 129 Å². The number of aromatic amines is 2. The molecule has 0 amide bonds. The summed E-state index contributed by atoms with van der Waals surface area (Å²) in [5, 5.41) is 19.9. The van der Waals surface area contributed by atoms with Gasteiger partial charge in [-0.2, -0.15) is 10.1 Å². The minimum Gasteiger partial charge on any atom is -0.480 e. The van der Waals surface area contributed by atoms with Gasteiger partial charge in [0.25, 0.3) is 0 Å². The Labute approximate surface area is 165 Å². The molecule has 4 rings (SSSR count). The van der Waals surface area contributed by atoms with Gasteiger partial charge in [0.2, 0.25) is 11.8 Å². The van der Waals surface area contributed by atoms with E-state index < -0.39 is 0 Å². The summed E-state index contributed by atoms with van der Waals surface area (Å²) in [5.41, 5.74) is 2.12. The minimum atomic E-state index is -0.388. The number of halogens is 1. The second-order valence-electron chi connectivity index (χ2n) is 6.17. The number of nitrogens with one attached hydrogen (secondary N) is 4. The molecule has 11 heteroatoms. The van der Waals surface area contributed by atoms with E-state index in [0.717, 1.165) is 5.56 Å². The number of anilines is 3. The third-order valence-electron chi connectivity index (χ3n) is 4.09. The maximum atomic E-state index is 13.1. The highest BCUT2D eigenvalue weighted by Crippen LogP contribution is 2.25. The van der Waals surface area contributed by atoms with Crippen LogP contribution in [0.2, 0.25) is 0 Å². The molecule has 0 radical (unpaired) electrons. The second-order valence-corrected chi connectivity index (χ2v) is 6.17. The van der Waals surface area contributed by atoms with E-state index in [1.165, 1.54) is 19.4 Å². The highest BCUT2D eigenvalue weighted by molar-refractivity contribution is 5.65. The highest BCUT2D eigenvalue weighted by atomic mass is 19.1. The van der Waals surface area contributed by atoms with E-state index >= 15 is 0 Å². The molecule has 0 fully saturated rings. The van der Waals surface area contributed by atoms with Gasteiger partial charge < -0.3 is 15.4 Å². The lowest BCUT2D eigenvalue weighted by Crippen LogP contribution is -2.12. The quantitative estimate of drug-likeness (QED) is 0.376. The van der Waals surface area contributed by atoms with Crippen LogP contribution in [0, 0.1) is 5.82 Å². The minimum absolute atomic E-state index is 0.240. The molecule has 0 spiro atoms. The average molecular weight is 395 g/mol. The number of methoxy groups -OCH3 is 1. The van der Waals surface area contributed by atoms with Gasteiger partial charge in [-0.15, -0.1) is 5.10 Å². The van der Waals surface area contributed by atoms with E-state index in [1.54, 1.807) is 30.6 Å². The maximum Gasteiger partial charge on any atom is 0.234 e. The van der Waals surface area contributed by atoms with E-state index in [-0.39, 0.29) is 11.9 Å². The Morgan fingerprint density at radius 3 is 2.76 bits per heavy atom. The lowest BCUT2D eigenvalue weighted by atomic mass is 10.2. The summed E-state index contributed by atoms with van der Waals surface area (Å²) in [6.45, 7) is 1.89. The van der Waals surface area contributed by atoms with Gasteiger partial charge in [-0.1, -0.05) is 0 Å². The fourth-order valence-corrected chi connectivity index (χ4v) is 2.64. The molecule has 10 nitrogen and oxygen atoms in total. The molecule has 0 bridgehead atoms. The van der Waals surface area contributed by atoms with Gasteiger partial charge in [0, 0.05) is 23.9 Å². The molecule has 0 saturated carbocycles. The molecule has 148 valence electrons. The molecule has 4 N–H and O–H groups in total. The Bertz CT molecular complexity index is 1080. The normalized spacial score (nSPS) is 11.8. The van der Waals surface area contributed by atoms with Crippen molar-refractivity contribution in [3.05, 3.63) is 54.4 Å². The second kappa shape index (κ2) is 7.92. The molecule has 1 atom stereocenters. The fourth-order valence-electron chi connectivity index (χ4n) is 2.64. The Balaban J connectivity index is 1.63. The Morgan fingerprint density at radius 2 is 2.07 bits per heavy atom. The lowest BCUT2D eigenvalue weighted by molar-refractivity contribution is 0.397. The van der Waals surface area contributed by atoms with Gasteiger partial charge in [-0.25, -0.2) is 9.37 Å². The number of H-pyrrole nitrogens is 2. The molecule has 0 aliphatic rings. The average Bonchev–Trinajstić information content (AvgIpc) is 3.40. The van der Waals surface area contributed by atoms with Gasteiger partial charge >= 0.3 is 0 Å². The molecule has 0 aliphatic carbocycles. The van der Waals surface area contributed by atoms with Crippen LogP contribution in [0.15, 0.2) is 42.9 Å². The number of rotatable bonds is 7. The Kier molecular flexibility index (Phi) is 5.01. The van der Waals surface area contributed by atoms with Crippen molar-refractivity contribution in [3.8, 4) is 17.1 Å². The van der Waals surface area contributed by atoms with Crippen LogP contribution in [0.5, 0.6) is 5.88 Å². The molecule has 0 saturated heterocycles. The smallest absolute Gasteiger partial charge is 0.234 e. The molecule has 4 aromatic rings. The van der Waals surface area contributed by atoms with Crippen molar-refractivity contribution in [1.29, 1.82) is 0 Å². The molecule has 0 aromatic carbocycles. The Hall–Kier alpha value is -4.02. The van der Waals surface area contributed by atoms with Crippen LogP contribution in [0.3, 0.4) is 0 Å². The van der Waals surface area contributed by atoms with E-state index in [0.29, 0.717) is 34.9 Å². The first-order valence-electron chi connectivity index (χ1n) is 8.73. The van der Waals surface area contributed by atoms with Crippen LogP contribution in [-0.4, -0.2) is 42.5 Å². The number of pyridine rings is 1. The van der Waals surface area contributed by atoms with Gasteiger partial charge in [0.1, 0.15) is 17.5 Å². The predicted molar refractivity (Wildman–Crippen MR) is 104 cm³/mol. The third kappa shape index (κ3) is 4.29. The van der Waals surface area contributed by atoms with Crippen LogP contribution in [0.1, 0.15) is 18.7 Å². The van der Waals surface area contributed by atoms with E-state index in [2.05, 4.69) is 46.0 Å². The molecule has 4 heterocycles. The van der Waals surface area contributed by atoms with Crippen molar-refractivity contribution in [2.45, 2.75) is 13.0 Å². The number of hydrogen-bond donors (Lipinski definition) is 4. The first-order valence-corrected chi connectivity index (χ1v) is 8.73. The van der Waals surface area contributed by atoms with E-state index in [1.807, 2.05) is 6.92 Å². The number of aromatic nitrogens is 7. The van der Waals surface area contributed by atoms with Crippen molar-refractivity contribution in [2.75, 3.05) is 17.7 Å². The SMILES string of the molecule is COc1cc(Nc2cc(-c3cn[nH]c3)nc(N[C@@H](C)c3ccc(F)cn3)n2)[nH]n1. The van der Waals surface area contributed by atoms with E-state index in [9.17, 15) is 4.39 Å². The van der Waals surface area contributed by atoms with Gasteiger partial charge in [-0.3, -0.25) is 15.2 Å². The summed E-state index contributed by atoms with van der Waals surface area (Å²) in [6, 6.07) is 6.22. The van der Waals surface area contributed by atoms with Crippen molar-refractivity contribution < 1.29 is 9.13 Å². The zero-order valence-electron chi connectivity index (χ0n) is 15.6. The predicted octanol–water partition coefficient (Wildman–Crippen LogP) is 3.05. The van der Waals surface area contributed by atoms with Crippen LogP contribution in [-0.2, 0) is 0 Å². The number of hydrogen-bond acceptors (Lipinski definition) is 8. The van der Waals surface area contributed by atoms with Gasteiger partial charge in [-0.05, 0) is 19.1 Å². The summed E-state index contributed by atoms with van der Waals surface area (Å²) in [4.78, 5) is 13.1. The van der Waals surface area contributed by atoms with Crippen molar-refractivity contribution in [2.24, 2.45) is 0 Å². The van der Waals surface area contributed by atoms with Crippen LogP contribution in [0.4, 0.5) is 22.0 Å². The molecule has 0 aliphatic heterocycles. The summed E-state index contributed by atoms with van der Waals surface area (Å²) in [6.07, 6.45) is 4.58. The first kappa shape index (κ1) is 18.3. The van der Waals surface area contributed by atoms with Gasteiger partial charge in [0.05, 0.1) is 36.9 Å². The van der Waals surface area contributed by atoms with Crippen molar-refractivity contribution in [3.63, 3.8) is 0 Å². The standard InChI is InChI=1S/C18H18FN9O/c1-10(13-4-3-12(19)9-20-13)23-18-24-14(11-7-21-22-8-11)5-15(26-18)25-16-6-17(29-2)28-27-16/h3-10H,1-2H3,(H,21,22)(H3,23,24,25,26,27,28)/t10-/m0/s1. The summed E-state index contributed by atoms with van der Waals surface area (Å²) in [7, 11) is 1.54. The fraction of sp³-hybridized carbons (Fsp3) is 0.167. The molecular weight excluding hydrogens is 377 g/mol. The Morgan fingerprint density at radius 1 is 1.17 bits per heavy atom. The molecule has 29 heavy (non-hydrogen) atoms. The number of nitrogens with zero attached hydrogens (tertiary/aromatic N) is 5. The van der Waals surface area contributed by atoms with Crippen LogP contribution in [0.25, 0.3) is 11.3 Å². The van der Waals surface area contributed by atoms with Crippen LogP contribution >= 0.6 is 0 Å². The van der Waals surface area contributed by atoms with Gasteiger partial charge in [0.15, 0.2) is 0 Å². The third-order valence-corrected chi connectivity index (χ3v) is 4.09. The zero-order chi connectivity index (χ0) is 20.2. The maximum absolute atomic E-state index is 13.1. The zero-order valence-corrected chi connectivity index (χ0v) is 15.6. The molecule has 0 unspecified atom stereocenters. The molecule has 4 aromatic heterocycles.